The third-order valence-corrected chi connectivity index (χ3v) is 4.88. The van der Waals surface area contributed by atoms with Crippen LogP contribution < -0.4 is 0 Å². The van der Waals surface area contributed by atoms with Crippen LogP contribution in [0, 0.1) is 15.9 Å². The van der Waals surface area contributed by atoms with E-state index < -0.39 is 4.92 Å². The van der Waals surface area contributed by atoms with Gasteiger partial charge in [0.25, 0.3) is 11.6 Å². The molecule has 2 aromatic carbocycles. The van der Waals surface area contributed by atoms with Gasteiger partial charge in [-0.3, -0.25) is 14.9 Å². The lowest BCUT2D eigenvalue weighted by atomic mass is 10.1. The summed E-state index contributed by atoms with van der Waals surface area (Å²) in [6, 6.07) is 12.3. The summed E-state index contributed by atoms with van der Waals surface area (Å²) in [5, 5.41) is 11.0. The Kier molecular flexibility index (Phi) is 5.61. The average Bonchev–Trinajstić information content (AvgIpc) is 3.18. The fourth-order valence-corrected chi connectivity index (χ4v) is 3.48. The maximum Gasteiger partial charge on any atom is 0.270 e. The molecule has 136 valence electrons. The van der Waals surface area contributed by atoms with Gasteiger partial charge in [-0.15, -0.1) is 0 Å². The van der Waals surface area contributed by atoms with Crippen molar-refractivity contribution in [3.05, 3.63) is 75.6 Å². The standard InChI is InChI=1S/C20H21FN2O3/c21-17-10-8-15(9-11-17)12-13-22(18-5-1-2-6-18)20(24)16-4-3-7-19(14-16)23(25)26/h3-4,7-11,14,18H,1-2,5-6,12-13H2. The predicted molar refractivity (Wildman–Crippen MR) is 96.5 cm³/mol. The van der Waals surface area contributed by atoms with Crippen LogP contribution in [0.3, 0.4) is 0 Å². The van der Waals surface area contributed by atoms with Crippen LogP contribution in [0.25, 0.3) is 0 Å². The van der Waals surface area contributed by atoms with Gasteiger partial charge in [0.1, 0.15) is 5.82 Å². The van der Waals surface area contributed by atoms with E-state index in [1.165, 1.54) is 30.3 Å². The monoisotopic (exact) mass is 356 g/mol. The molecule has 0 aromatic heterocycles. The number of amides is 1. The molecule has 2 aromatic rings. The summed E-state index contributed by atoms with van der Waals surface area (Å²) in [6.07, 6.45) is 4.69. The molecule has 1 saturated carbocycles. The Morgan fingerprint density at radius 1 is 1.15 bits per heavy atom. The van der Waals surface area contributed by atoms with Crippen molar-refractivity contribution in [2.24, 2.45) is 0 Å². The van der Waals surface area contributed by atoms with E-state index in [-0.39, 0.29) is 23.5 Å². The summed E-state index contributed by atoms with van der Waals surface area (Å²) >= 11 is 0. The molecule has 0 radical (unpaired) electrons. The summed E-state index contributed by atoms with van der Waals surface area (Å²) in [6.45, 7) is 0.512. The van der Waals surface area contributed by atoms with Crippen LogP contribution in [0.15, 0.2) is 48.5 Å². The number of halogens is 1. The van der Waals surface area contributed by atoms with Crippen molar-refractivity contribution in [3.8, 4) is 0 Å². The predicted octanol–water partition coefficient (Wildman–Crippen LogP) is 4.36. The van der Waals surface area contributed by atoms with Gasteiger partial charge in [-0.2, -0.15) is 0 Å². The Hall–Kier alpha value is -2.76. The maximum atomic E-state index is 13.1. The van der Waals surface area contributed by atoms with Gasteiger partial charge in [0.15, 0.2) is 0 Å². The molecule has 0 saturated heterocycles. The van der Waals surface area contributed by atoms with Crippen molar-refractivity contribution >= 4 is 11.6 Å². The molecular formula is C20H21FN2O3. The van der Waals surface area contributed by atoms with Crippen LogP contribution in [-0.4, -0.2) is 28.3 Å². The van der Waals surface area contributed by atoms with Crippen LogP contribution >= 0.6 is 0 Å². The number of hydrogen-bond acceptors (Lipinski definition) is 3. The number of benzene rings is 2. The van der Waals surface area contributed by atoms with E-state index in [1.54, 1.807) is 18.2 Å². The number of carbonyl (C=O) groups is 1. The summed E-state index contributed by atoms with van der Waals surface area (Å²) in [5.41, 5.74) is 1.22. The highest BCUT2D eigenvalue weighted by atomic mass is 19.1. The molecule has 0 aliphatic heterocycles. The molecule has 0 bridgehead atoms. The molecule has 3 rings (SSSR count). The van der Waals surface area contributed by atoms with E-state index in [4.69, 9.17) is 0 Å². The summed E-state index contributed by atoms with van der Waals surface area (Å²) in [5.74, 6) is -0.461. The molecule has 26 heavy (non-hydrogen) atoms. The Morgan fingerprint density at radius 2 is 1.85 bits per heavy atom. The number of nitrogens with zero attached hydrogens (tertiary/aromatic N) is 2. The highest BCUT2D eigenvalue weighted by Gasteiger charge is 2.27. The van der Waals surface area contributed by atoms with Gasteiger partial charge >= 0.3 is 0 Å². The van der Waals surface area contributed by atoms with Gasteiger partial charge in [0, 0.05) is 30.3 Å². The van der Waals surface area contributed by atoms with E-state index in [1.807, 2.05) is 4.90 Å². The highest BCUT2D eigenvalue weighted by Crippen LogP contribution is 2.26. The van der Waals surface area contributed by atoms with Gasteiger partial charge in [-0.25, -0.2) is 4.39 Å². The first kappa shape index (κ1) is 18.0. The first-order chi connectivity index (χ1) is 12.5. The minimum Gasteiger partial charge on any atom is -0.335 e. The second-order valence-corrected chi connectivity index (χ2v) is 6.62. The molecule has 6 heteroatoms. The largest absolute Gasteiger partial charge is 0.335 e. The van der Waals surface area contributed by atoms with E-state index in [0.29, 0.717) is 18.5 Å². The average molecular weight is 356 g/mol. The smallest absolute Gasteiger partial charge is 0.270 e. The summed E-state index contributed by atoms with van der Waals surface area (Å²) in [7, 11) is 0. The lowest BCUT2D eigenvalue weighted by molar-refractivity contribution is -0.384. The van der Waals surface area contributed by atoms with Crippen molar-refractivity contribution in [2.75, 3.05) is 6.54 Å². The minimum absolute atomic E-state index is 0.0826. The third kappa shape index (κ3) is 4.25. The molecule has 1 aliphatic rings. The zero-order valence-corrected chi connectivity index (χ0v) is 14.4. The Morgan fingerprint density at radius 3 is 2.50 bits per heavy atom. The zero-order valence-electron chi connectivity index (χ0n) is 14.4. The molecule has 1 aliphatic carbocycles. The molecule has 0 heterocycles. The normalized spacial score (nSPS) is 14.3. The van der Waals surface area contributed by atoms with E-state index in [9.17, 15) is 19.3 Å². The lowest BCUT2D eigenvalue weighted by Crippen LogP contribution is -2.40. The number of nitro groups is 1. The Bertz CT molecular complexity index is 786. The second-order valence-electron chi connectivity index (χ2n) is 6.62. The second kappa shape index (κ2) is 8.08. The van der Waals surface area contributed by atoms with Crippen LogP contribution in [0.4, 0.5) is 10.1 Å². The van der Waals surface area contributed by atoms with Crippen LogP contribution in [0.2, 0.25) is 0 Å². The third-order valence-electron chi connectivity index (χ3n) is 4.88. The van der Waals surface area contributed by atoms with Crippen molar-refractivity contribution in [3.63, 3.8) is 0 Å². The first-order valence-electron chi connectivity index (χ1n) is 8.84. The van der Waals surface area contributed by atoms with Crippen molar-refractivity contribution in [1.29, 1.82) is 0 Å². The molecule has 0 spiro atoms. The van der Waals surface area contributed by atoms with E-state index >= 15 is 0 Å². The summed E-state index contributed by atoms with van der Waals surface area (Å²) in [4.78, 5) is 25.4. The maximum absolute atomic E-state index is 13.1. The number of nitro benzene ring substituents is 1. The fraction of sp³-hybridized carbons (Fsp3) is 0.350. The number of carbonyl (C=O) groups excluding carboxylic acids is 1. The SMILES string of the molecule is O=C(c1cccc([N+](=O)[O-])c1)N(CCc1ccc(F)cc1)C1CCCC1. The molecular weight excluding hydrogens is 335 g/mol. The molecule has 0 atom stereocenters. The Balaban J connectivity index is 1.78. The van der Waals surface area contributed by atoms with E-state index in [2.05, 4.69) is 0 Å². The van der Waals surface area contributed by atoms with Crippen molar-refractivity contribution in [2.45, 2.75) is 38.1 Å². The minimum atomic E-state index is -0.491. The molecule has 0 unspecified atom stereocenters. The van der Waals surface area contributed by atoms with Gasteiger partial charge < -0.3 is 4.90 Å². The van der Waals surface area contributed by atoms with Crippen molar-refractivity contribution < 1.29 is 14.1 Å². The van der Waals surface area contributed by atoms with Gasteiger partial charge in [-0.05, 0) is 43.0 Å². The van der Waals surface area contributed by atoms with Gasteiger partial charge in [-0.1, -0.05) is 31.0 Å². The van der Waals surface area contributed by atoms with E-state index in [0.717, 1.165) is 31.2 Å². The van der Waals surface area contributed by atoms with Gasteiger partial charge in [0.05, 0.1) is 4.92 Å². The summed E-state index contributed by atoms with van der Waals surface area (Å²) < 4.78 is 13.1. The highest BCUT2D eigenvalue weighted by molar-refractivity contribution is 5.95. The molecule has 5 nitrogen and oxygen atoms in total. The number of rotatable bonds is 6. The van der Waals surface area contributed by atoms with Crippen molar-refractivity contribution in [1.82, 2.24) is 4.90 Å². The first-order valence-corrected chi connectivity index (χ1v) is 8.84. The quantitative estimate of drug-likeness (QED) is 0.570. The fourth-order valence-electron chi connectivity index (χ4n) is 3.48. The van der Waals surface area contributed by atoms with Crippen LogP contribution in [0.5, 0.6) is 0 Å². The molecule has 1 fully saturated rings. The Labute approximate surface area is 151 Å². The lowest BCUT2D eigenvalue weighted by Gasteiger charge is -2.29. The number of non-ortho nitro benzene ring substituents is 1. The molecule has 0 N–H and O–H groups in total. The van der Waals surface area contributed by atoms with Gasteiger partial charge in [0.2, 0.25) is 0 Å². The zero-order chi connectivity index (χ0) is 18.5. The topological polar surface area (TPSA) is 63.4 Å². The molecule has 1 amide bonds. The van der Waals surface area contributed by atoms with Crippen LogP contribution in [0.1, 0.15) is 41.6 Å². The number of hydrogen-bond donors (Lipinski definition) is 0. The van der Waals surface area contributed by atoms with Crippen LogP contribution in [-0.2, 0) is 6.42 Å².